The van der Waals surface area contributed by atoms with Gasteiger partial charge < -0.3 is 10.2 Å². The van der Waals surface area contributed by atoms with E-state index in [9.17, 15) is 14.4 Å². The zero-order valence-electron chi connectivity index (χ0n) is 17.8. The predicted molar refractivity (Wildman–Crippen MR) is 122 cm³/mol. The highest BCUT2D eigenvalue weighted by atomic mass is 16.2. The van der Waals surface area contributed by atoms with Gasteiger partial charge in [0.1, 0.15) is 6.04 Å². The fraction of sp³-hybridized carbons (Fsp3) is 0.200. The molecule has 32 heavy (non-hydrogen) atoms. The lowest BCUT2D eigenvalue weighted by Crippen LogP contribution is -2.37. The van der Waals surface area contributed by atoms with Crippen LogP contribution in [0.4, 0.5) is 16.2 Å². The lowest BCUT2D eigenvalue weighted by atomic mass is 10.1. The molecule has 2 aromatic carbocycles. The van der Waals surface area contributed by atoms with Gasteiger partial charge in [-0.2, -0.15) is 0 Å². The Hall–Kier alpha value is -4.00. The van der Waals surface area contributed by atoms with Crippen molar-refractivity contribution in [3.63, 3.8) is 0 Å². The van der Waals surface area contributed by atoms with Gasteiger partial charge in [-0.1, -0.05) is 43.3 Å². The van der Waals surface area contributed by atoms with Crippen molar-refractivity contribution in [2.75, 3.05) is 10.2 Å². The summed E-state index contributed by atoms with van der Waals surface area (Å²) in [4.78, 5) is 45.9. The minimum absolute atomic E-state index is 0.135. The van der Waals surface area contributed by atoms with Gasteiger partial charge in [-0.05, 0) is 47.9 Å². The van der Waals surface area contributed by atoms with E-state index in [2.05, 4.69) is 17.2 Å². The number of anilines is 2. The second-order valence-electron chi connectivity index (χ2n) is 7.60. The molecule has 4 rings (SSSR count). The standard InChI is InChI=1S/C25H24N4O3/c1-2-18-10-12-20(13-11-18)27-23(30)15-22-24(31)29(21-8-4-3-5-9-21)25(32)28(22)17-19-7-6-14-26-16-19/h3-14,16,22H,2,15,17H2,1H3,(H,27,30). The zero-order valence-corrected chi connectivity index (χ0v) is 17.8. The Morgan fingerprint density at radius 2 is 1.72 bits per heavy atom. The van der Waals surface area contributed by atoms with Gasteiger partial charge in [-0.3, -0.25) is 14.6 Å². The van der Waals surface area contributed by atoms with Crippen molar-refractivity contribution in [1.82, 2.24) is 9.88 Å². The van der Waals surface area contributed by atoms with E-state index in [0.29, 0.717) is 11.4 Å². The summed E-state index contributed by atoms with van der Waals surface area (Å²) in [6.45, 7) is 2.25. The normalized spacial score (nSPS) is 15.8. The molecule has 0 spiro atoms. The molecule has 1 aliphatic rings. The van der Waals surface area contributed by atoms with Crippen LogP contribution in [0, 0.1) is 0 Å². The van der Waals surface area contributed by atoms with Gasteiger partial charge in [0.05, 0.1) is 12.1 Å². The molecule has 1 unspecified atom stereocenters. The molecule has 1 N–H and O–H groups in total. The second-order valence-corrected chi connectivity index (χ2v) is 7.60. The summed E-state index contributed by atoms with van der Waals surface area (Å²) in [5.74, 6) is -0.743. The highest BCUT2D eigenvalue weighted by molar-refractivity contribution is 6.22. The number of urea groups is 1. The smallest absolute Gasteiger partial charge is 0.326 e. The van der Waals surface area contributed by atoms with E-state index in [1.54, 1.807) is 42.7 Å². The Bertz CT molecular complexity index is 1100. The van der Waals surface area contributed by atoms with Crippen LogP contribution in [0.1, 0.15) is 24.5 Å². The van der Waals surface area contributed by atoms with Gasteiger partial charge in [-0.25, -0.2) is 9.69 Å². The van der Waals surface area contributed by atoms with E-state index in [-0.39, 0.29) is 18.9 Å². The Labute approximate surface area is 186 Å². The van der Waals surface area contributed by atoms with Crippen molar-refractivity contribution < 1.29 is 14.4 Å². The number of nitrogens with one attached hydrogen (secondary N) is 1. The molecule has 4 amide bonds. The fourth-order valence-corrected chi connectivity index (χ4v) is 3.73. The molecule has 1 atom stereocenters. The number of pyridine rings is 1. The topological polar surface area (TPSA) is 82.6 Å². The van der Waals surface area contributed by atoms with Crippen molar-refractivity contribution in [2.45, 2.75) is 32.4 Å². The van der Waals surface area contributed by atoms with E-state index in [1.807, 2.05) is 36.4 Å². The molecule has 1 saturated heterocycles. The van der Waals surface area contributed by atoms with Crippen LogP contribution in [0.2, 0.25) is 0 Å². The number of imide groups is 1. The van der Waals surface area contributed by atoms with Gasteiger partial charge in [0.25, 0.3) is 5.91 Å². The van der Waals surface area contributed by atoms with Crippen LogP contribution in [0.3, 0.4) is 0 Å². The Morgan fingerprint density at radius 1 is 0.969 bits per heavy atom. The number of hydrogen-bond acceptors (Lipinski definition) is 4. The Balaban J connectivity index is 1.56. The summed E-state index contributed by atoms with van der Waals surface area (Å²) >= 11 is 0. The number of nitrogens with zero attached hydrogens (tertiary/aromatic N) is 3. The summed E-state index contributed by atoms with van der Waals surface area (Å²) < 4.78 is 0. The molecule has 1 aliphatic heterocycles. The molecule has 1 fully saturated rings. The minimum Gasteiger partial charge on any atom is -0.326 e. The highest BCUT2D eigenvalue weighted by Crippen LogP contribution is 2.28. The van der Waals surface area contributed by atoms with Crippen molar-refractivity contribution in [1.29, 1.82) is 0 Å². The number of benzene rings is 2. The molecule has 1 aromatic heterocycles. The number of amides is 4. The maximum Gasteiger partial charge on any atom is 0.332 e. The van der Waals surface area contributed by atoms with Crippen LogP contribution >= 0.6 is 0 Å². The molecule has 3 aromatic rings. The number of aryl methyl sites for hydroxylation is 1. The molecule has 7 heteroatoms. The van der Waals surface area contributed by atoms with E-state index in [4.69, 9.17) is 0 Å². The summed E-state index contributed by atoms with van der Waals surface area (Å²) in [6, 6.07) is 18.6. The third-order valence-electron chi connectivity index (χ3n) is 5.43. The van der Waals surface area contributed by atoms with Crippen molar-refractivity contribution in [3.8, 4) is 0 Å². The van der Waals surface area contributed by atoms with Gasteiger partial charge >= 0.3 is 6.03 Å². The number of aromatic nitrogens is 1. The van der Waals surface area contributed by atoms with Crippen LogP contribution in [0.25, 0.3) is 0 Å². The largest absolute Gasteiger partial charge is 0.332 e. The van der Waals surface area contributed by atoms with Crippen LogP contribution < -0.4 is 10.2 Å². The number of para-hydroxylation sites is 1. The highest BCUT2D eigenvalue weighted by Gasteiger charge is 2.46. The Morgan fingerprint density at radius 3 is 2.38 bits per heavy atom. The Kier molecular flexibility index (Phi) is 6.26. The third-order valence-corrected chi connectivity index (χ3v) is 5.43. The lowest BCUT2D eigenvalue weighted by molar-refractivity contribution is -0.124. The summed E-state index contributed by atoms with van der Waals surface area (Å²) in [5, 5.41) is 2.83. The number of carbonyl (C=O) groups excluding carboxylic acids is 3. The zero-order chi connectivity index (χ0) is 22.5. The summed E-state index contributed by atoms with van der Waals surface area (Å²) in [5.41, 5.74) is 3.09. The van der Waals surface area contributed by atoms with E-state index in [0.717, 1.165) is 16.9 Å². The average Bonchev–Trinajstić information content (AvgIpc) is 3.04. The molecular formula is C25H24N4O3. The monoisotopic (exact) mass is 428 g/mol. The molecule has 7 nitrogen and oxygen atoms in total. The van der Waals surface area contributed by atoms with Crippen molar-refractivity contribution in [2.24, 2.45) is 0 Å². The first-order valence-electron chi connectivity index (χ1n) is 10.5. The predicted octanol–water partition coefficient (Wildman–Crippen LogP) is 4.01. The molecule has 0 bridgehead atoms. The molecule has 0 saturated carbocycles. The van der Waals surface area contributed by atoms with Gasteiger partial charge in [0.15, 0.2) is 0 Å². The molecule has 162 valence electrons. The number of carbonyl (C=O) groups is 3. The maximum absolute atomic E-state index is 13.3. The lowest BCUT2D eigenvalue weighted by Gasteiger charge is -2.21. The number of rotatable bonds is 7. The van der Waals surface area contributed by atoms with Crippen molar-refractivity contribution >= 4 is 29.2 Å². The average molecular weight is 428 g/mol. The van der Waals surface area contributed by atoms with Crippen LogP contribution in [0.15, 0.2) is 79.1 Å². The summed E-state index contributed by atoms with van der Waals surface area (Å²) in [7, 11) is 0. The van der Waals surface area contributed by atoms with Crippen LogP contribution in [-0.2, 0) is 22.6 Å². The van der Waals surface area contributed by atoms with E-state index < -0.39 is 18.0 Å². The summed E-state index contributed by atoms with van der Waals surface area (Å²) in [6.07, 6.45) is 4.07. The first-order chi connectivity index (χ1) is 15.6. The van der Waals surface area contributed by atoms with E-state index in [1.165, 1.54) is 10.5 Å². The third kappa shape index (κ3) is 4.51. The quantitative estimate of drug-likeness (QED) is 0.577. The maximum atomic E-state index is 13.3. The van der Waals surface area contributed by atoms with Gasteiger partial charge in [0, 0.05) is 24.6 Å². The van der Waals surface area contributed by atoms with Gasteiger partial charge in [0.2, 0.25) is 5.91 Å². The number of hydrogen-bond donors (Lipinski definition) is 1. The minimum atomic E-state index is -0.905. The van der Waals surface area contributed by atoms with Crippen LogP contribution in [-0.4, -0.2) is 33.8 Å². The van der Waals surface area contributed by atoms with Crippen LogP contribution in [0.5, 0.6) is 0 Å². The molecule has 0 aliphatic carbocycles. The molecule has 0 radical (unpaired) electrons. The first-order valence-corrected chi connectivity index (χ1v) is 10.5. The van der Waals surface area contributed by atoms with Crippen molar-refractivity contribution in [3.05, 3.63) is 90.3 Å². The SMILES string of the molecule is CCc1ccc(NC(=O)CC2C(=O)N(c3ccccc3)C(=O)N2Cc2cccnc2)cc1. The molecule has 2 heterocycles. The molecular weight excluding hydrogens is 404 g/mol. The van der Waals surface area contributed by atoms with Gasteiger partial charge in [-0.15, -0.1) is 0 Å². The first kappa shape index (κ1) is 21.2. The fourth-order valence-electron chi connectivity index (χ4n) is 3.73. The second kappa shape index (κ2) is 9.43. The van der Waals surface area contributed by atoms with E-state index >= 15 is 0 Å².